The van der Waals surface area contributed by atoms with Crippen molar-refractivity contribution in [3.8, 4) is 0 Å². The second-order valence-electron chi connectivity index (χ2n) is 4.82. The summed E-state index contributed by atoms with van der Waals surface area (Å²) in [6.45, 7) is 1.67. The lowest BCUT2D eigenvalue weighted by atomic mass is 10.00. The summed E-state index contributed by atoms with van der Waals surface area (Å²) in [6.07, 6.45) is 0.967. The third-order valence-corrected chi connectivity index (χ3v) is 4.33. The number of nitrogens with zero attached hydrogens (tertiary/aromatic N) is 3. The summed E-state index contributed by atoms with van der Waals surface area (Å²) < 4.78 is 5.74. The molecule has 1 aliphatic heterocycles. The van der Waals surface area contributed by atoms with Crippen LogP contribution >= 0.6 is 15.9 Å². The molecule has 0 saturated heterocycles. The van der Waals surface area contributed by atoms with E-state index in [1.165, 1.54) is 18.2 Å². The molecule has 1 aromatic carbocycles. The first kappa shape index (κ1) is 14.0. The van der Waals surface area contributed by atoms with Crippen LogP contribution in [0.5, 0.6) is 0 Å². The van der Waals surface area contributed by atoms with Crippen molar-refractivity contribution >= 4 is 27.7 Å². The van der Waals surface area contributed by atoms with Crippen LogP contribution < -0.4 is 4.90 Å². The molecule has 5 nitrogen and oxygen atoms in total. The quantitative estimate of drug-likeness (QED) is 0.781. The van der Waals surface area contributed by atoms with Crippen molar-refractivity contribution in [3.63, 3.8) is 0 Å². The van der Waals surface area contributed by atoms with Crippen LogP contribution in [0.25, 0.3) is 0 Å². The number of hydrogen-bond donors (Lipinski definition) is 0. The smallest absolute Gasteiger partial charge is 0.358 e. The maximum atomic E-state index is 11.4. The predicted molar refractivity (Wildman–Crippen MR) is 82.3 cm³/mol. The van der Waals surface area contributed by atoms with Crippen molar-refractivity contribution in [2.75, 3.05) is 18.6 Å². The minimum atomic E-state index is -0.471. The van der Waals surface area contributed by atoms with Gasteiger partial charge in [-0.3, -0.25) is 0 Å². The molecule has 0 atom stereocenters. The molecule has 0 radical (unpaired) electrons. The fraction of sp³-hybridized carbons (Fsp3) is 0.267. The number of methoxy groups -OCH3 is 1. The van der Waals surface area contributed by atoms with Gasteiger partial charge in [0.2, 0.25) is 0 Å². The van der Waals surface area contributed by atoms with E-state index in [2.05, 4.69) is 47.9 Å². The number of rotatable bonds is 2. The number of hydrogen-bond acceptors (Lipinski definition) is 5. The van der Waals surface area contributed by atoms with Crippen molar-refractivity contribution < 1.29 is 9.53 Å². The molecule has 0 fully saturated rings. The zero-order valence-corrected chi connectivity index (χ0v) is 13.1. The van der Waals surface area contributed by atoms with Crippen LogP contribution in [0.3, 0.4) is 0 Å². The molecule has 0 unspecified atom stereocenters. The lowest BCUT2D eigenvalue weighted by Gasteiger charge is -2.30. The molecular weight excluding hydrogens is 334 g/mol. The lowest BCUT2D eigenvalue weighted by Crippen LogP contribution is -2.31. The number of fused-ring (bicyclic) bond motifs is 1. The zero-order valence-electron chi connectivity index (χ0n) is 11.5. The number of halogens is 1. The molecule has 0 spiro atoms. The van der Waals surface area contributed by atoms with Gasteiger partial charge in [-0.05, 0) is 35.7 Å². The Morgan fingerprint density at radius 1 is 1.29 bits per heavy atom. The van der Waals surface area contributed by atoms with E-state index in [-0.39, 0.29) is 5.69 Å². The number of aromatic nitrogens is 2. The second kappa shape index (κ2) is 5.81. The van der Waals surface area contributed by atoms with E-state index in [9.17, 15) is 4.79 Å². The maximum absolute atomic E-state index is 11.4. The highest BCUT2D eigenvalue weighted by Gasteiger charge is 2.20. The maximum Gasteiger partial charge on any atom is 0.358 e. The van der Waals surface area contributed by atoms with Gasteiger partial charge in [-0.25, -0.2) is 4.79 Å². The summed E-state index contributed by atoms with van der Waals surface area (Å²) >= 11 is 3.60. The summed E-state index contributed by atoms with van der Waals surface area (Å²) in [7, 11) is 1.33. The summed E-state index contributed by atoms with van der Waals surface area (Å²) in [6, 6.07) is 9.71. The number of ether oxygens (including phenoxy) is 1. The van der Waals surface area contributed by atoms with Crippen LogP contribution in [0.15, 0.2) is 34.8 Å². The van der Waals surface area contributed by atoms with Crippen LogP contribution in [-0.2, 0) is 17.7 Å². The van der Waals surface area contributed by atoms with Gasteiger partial charge < -0.3 is 9.64 Å². The molecule has 1 aliphatic rings. The highest BCUT2D eigenvalue weighted by molar-refractivity contribution is 9.10. The largest absolute Gasteiger partial charge is 0.464 e. The summed E-state index contributed by atoms with van der Waals surface area (Å²) in [5, 5.41) is 8.06. The fourth-order valence-corrected chi connectivity index (χ4v) is 2.98. The van der Waals surface area contributed by atoms with Crippen LogP contribution in [-0.4, -0.2) is 29.8 Å². The number of benzene rings is 1. The monoisotopic (exact) mass is 347 g/mol. The van der Waals surface area contributed by atoms with E-state index in [4.69, 9.17) is 0 Å². The van der Waals surface area contributed by atoms with Gasteiger partial charge in [-0.15, -0.1) is 10.2 Å². The number of esters is 1. The molecule has 0 aliphatic carbocycles. The number of carbonyl (C=O) groups excluding carboxylic acids is 1. The van der Waals surface area contributed by atoms with Crippen LogP contribution in [0, 0.1) is 0 Å². The Hall–Kier alpha value is -1.95. The average molecular weight is 348 g/mol. The molecular formula is C15H14BrN3O2. The predicted octanol–water partition coefficient (Wildman–Crippen LogP) is 2.59. The van der Waals surface area contributed by atoms with Gasteiger partial charge in [0.1, 0.15) is 0 Å². The van der Waals surface area contributed by atoms with E-state index in [0.29, 0.717) is 0 Å². The fourth-order valence-electron chi connectivity index (χ4n) is 2.44. The van der Waals surface area contributed by atoms with Crippen molar-refractivity contribution in [3.05, 3.63) is 51.6 Å². The molecule has 0 saturated carbocycles. The van der Waals surface area contributed by atoms with Crippen molar-refractivity contribution in [2.45, 2.75) is 13.0 Å². The first-order valence-corrected chi connectivity index (χ1v) is 7.41. The summed E-state index contributed by atoms with van der Waals surface area (Å²) in [5.41, 5.74) is 2.86. The Morgan fingerprint density at radius 3 is 2.86 bits per heavy atom. The topological polar surface area (TPSA) is 55.3 Å². The third-order valence-electron chi connectivity index (χ3n) is 3.58. The molecule has 6 heteroatoms. The van der Waals surface area contributed by atoms with Crippen molar-refractivity contribution in [1.82, 2.24) is 10.2 Å². The molecule has 0 amide bonds. The third kappa shape index (κ3) is 2.76. The molecule has 0 bridgehead atoms. The van der Waals surface area contributed by atoms with Gasteiger partial charge in [0.25, 0.3) is 0 Å². The summed E-state index contributed by atoms with van der Waals surface area (Å²) in [5.74, 6) is 0.296. The highest BCUT2D eigenvalue weighted by Crippen LogP contribution is 2.28. The van der Waals surface area contributed by atoms with E-state index in [0.717, 1.165) is 29.8 Å². The van der Waals surface area contributed by atoms with Crippen LogP contribution in [0.4, 0.5) is 5.82 Å². The first-order chi connectivity index (χ1) is 10.2. The van der Waals surface area contributed by atoms with E-state index >= 15 is 0 Å². The zero-order chi connectivity index (χ0) is 14.8. The van der Waals surface area contributed by atoms with Crippen LogP contribution in [0.1, 0.15) is 21.6 Å². The van der Waals surface area contributed by atoms with Gasteiger partial charge >= 0.3 is 5.97 Å². The van der Waals surface area contributed by atoms with E-state index in [1.807, 2.05) is 6.07 Å². The summed E-state index contributed by atoms with van der Waals surface area (Å²) in [4.78, 5) is 13.5. The van der Waals surface area contributed by atoms with Gasteiger partial charge in [-0.2, -0.15) is 0 Å². The van der Waals surface area contributed by atoms with Gasteiger partial charge in [0.15, 0.2) is 11.5 Å². The minimum Gasteiger partial charge on any atom is -0.464 e. The van der Waals surface area contributed by atoms with Gasteiger partial charge in [0, 0.05) is 17.6 Å². The lowest BCUT2D eigenvalue weighted by molar-refractivity contribution is 0.0592. The van der Waals surface area contributed by atoms with Gasteiger partial charge in [-0.1, -0.05) is 28.1 Å². The Labute approximate surface area is 131 Å². The molecule has 1 aromatic heterocycles. The number of anilines is 1. The van der Waals surface area contributed by atoms with Crippen LogP contribution in [0.2, 0.25) is 0 Å². The Balaban J connectivity index is 1.83. The molecule has 2 heterocycles. The Bertz CT molecular complexity index is 673. The molecule has 3 rings (SSSR count). The molecule has 108 valence electrons. The van der Waals surface area contributed by atoms with Gasteiger partial charge in [0.05, 0.1) is 7.11 Å². The Kier molecular flexibility index (Phi) is 3.88. The first-order valence-electron chi connectivity index (χ1n) is 6.62. The van der Waals surface area contributed by atoms with E-state index < -0.39 is 5.97 Å². The Morgan fingerprint density at radius 2 is 2.14 bits per heavy atom. The number of carbonyl (C=O) groups is 1. The van der Waals surface area contributed by atoms with Crippen molar-refractivity contribution in [2.24, 2.45) is 0 Å². The normalized spacial score (nSPS) is 13.7. The molecule has 0 N–H and O–H groups in total. The average Bonchev–Trinajstić information content (AvgIpc) is 2.54. The molecule has 2 aromatic rings. The molecule has 21 heavy (non-hydrogen) atoms. The highest BCUT2D eigenvalue weighted by atomic mass is 79.9. The standard InChI is InChI=1S/C15H14BrN3O2/c1-21-15(20)13-5-6-14(18-17-13)19-8-7-10-3-2-4-12(16)11(10)9-19/h2-6H,7-9H2,1H3. The second-order valence-corrected chi connectivity index (χ2v) is 5.67. The van der Waals surface area contributed by atoms with Crippen molar-refractivity contribution in [1.29, 1.82) is 0 Å². The SMILES string of the molecule is COC(=O)c1ccc(N2CCc3cccc(Br)c3C2)nn1. The van der Waals surface area contributed by atoms with E-state index in [1.54, 1.807) is 12.1 Å². The minimum absolute atomic E-state index is 0.222.